The van der Waals surface area contributed by atoms with Gasteiger partial charge in [0.15, 0.2) is 0 Å². The molecule has 0 fully saturated rings. The molecule has 0 unspecified atom stereocenters. The van der Waals surface area contributed by atoms with Gasteiger partial charge < -0.3 is 5.11 Å². The standard InChI is InChI=1S/C18H34O2.Mg.2H/c1-2-3-4-5-6-7-8-9-10-11-12-13-14-15-16-17-18(19)20;;;/h9-10H,2-8,11-17H2,1H3,(H,19,20);;;. The van der Waals surface area contributed by atoms with E-state index in [9.17, 15) is 4.79 Å². The summed E-state index contributed by atoms with van der Waals surface area (Å²) in [5.74, 6) is -0.664. The Kier molecular flexibility index (Phi) is 22.1. The van der Waals surface area contributed by atoms with Crippen molar-refractivity contribution in [3.8, 4) is 0 Å². The SMILES string of the molecule is CCCCCCCCC=CCCCCCCCC(=O)O.[MgH2]. The second kappa shape index (κ2) is 20.0. The number of unbranched alkanes of at least 4 members (excludes halogenated alkanes) is 11. The normalized spacial score (nSPS) is 10.7. The van der Waals surface area contributed by atoms with Gasteiger partial charge in [-0.3, -0.25) is 4.79 Å². The first-order valence-corrected chi connectivity index (χ1v) is 8.64. The second-order valence-electron chi connectivity index (χ2n) is 5.73. The molecule has 0 saturated heterocycles. The lowest BCUT2D eigenvalue weighted by Gasteiger charge is -1.99. The third kappa shape index (κ3) is 22.4. The van der Waals surface area contributed by atoms with E-state index >= 15 is 0 Å². The van der Waals surface area contributed by atoms with E-state index in [1.807, 2.05) is 0 Å². The van der Waals surface area contributed by atoms with Crippen molar-refractivity contribution < 1.29 is 9.90 Å². The fraction of sp³-hybridized carbons (Fsp3) is 0.833. The molecule has 0 heterocycles. The van der Waals surface area contributed by atoms with Gasteiger partial charge in [-0.1, -0.05) is 70.4 Å². The minimum Gasteiger partial charge on any atom is -0.481 e. The Bertz CT molecular complexity index is 239. The first-order chi connectivity index (χ1) is 9.77. The molecule has 0 atom stereocenters. The van der Waals surface area contributed by atoms with Crippen molar-refractivity contribution >= 4 is 29.0 Å². The molecule has 0 aromatic heterocycles. The molecule has 0 spiro atoms. The maximum absolute atomic E-state index is 10.3. The van der Waals surface area contributed by atoms with Crippen LogP contribution in [-0.2, 0) is 4.79 Å². The minimum atomic E-state index is -0.664. The zero-order valence-electron chi connectivity index (χ0n) is 13.4. The molecule has 0 aromatic carbocycles. The number of rotatable bonds is 15. The number of carboxylic acids is 1. The van der Waals surface area contributed by atoms with Crippen LogP contribution in [0.25, 0.3) is 0 Å². The average molecular weight is 309 g/mol. The van der Waals surface area contributed by atoms with Gasteiger partial charge in [0.2, 0.25) is 0 Å². The summed E-state index contributed by atoms with van der Waals surface area (Å²) >= 11 is 0. The number of carbonyl (C=O) groups is 1. The Morgan fingerprint density at radius 3 is 1.67 bits per heavy atom. The molecule has 1 N–H and O–H groups in total. The summed E-state index contributed by atoms with van der Waals surface area (Å²) in [4.78, 5) is 10.3. The molecule has 0 amide bonds. The lowest BCUT2D eigenvalue weighted by Crippen LogP contribution is -1.93. The number of hydrogen-bond acceptors (Lipinski definition) is 1. The predicted molar refractivity (Wildman–Crippen MR) is 95.6 cm³/mol. The Morgan fingerprint density at radius 1 is 0.762 bits per heavy atom. The molecule has 122 valence electrons. The van der Waals surface area contributed by atoms with Crippen molar-refractivity contribution in [3.63, 3.8) is 0 Å². The zero-order valence-corrected chi connectivity index (χ0v) is 13.4. The molecule has 0 aliphatic heterocycles. The summed E-state index contributed by atoms with van der Waals surface area (Å²) in [6, 6.07) is 0. The van der Waals surface area contributed by atoms with Gasteiger partial charge in [-0.05, 0) is 32.1 Å². The largest absolute Gasteiger partial charge is 0.481 e. The van der Waals surface area contributed by atoms with E-state index in [2.05, 4.69) is 19.1 Å². The van der Waals surface area contributed by atoms with Crippen LogP contribution in [0.5, 0.6) is 0 Å². The number of allylic oxidation sites excluding steroid dienone is 2. The highest BCUT2D eigenvalue weighted by Crippen LogP contribution is 2.09. The van der Waals surface area contributed by atoms with Crippen LogP contribution in [0.4, 0.5) is 0 Å². The number of aliphatic carboxylic acids is 1. The van der Waals surface area contributed by atoms with Crippen molar-refractivity contribution in [3.05, 3.63) is 12.2 Å². The first kappa shape index (κ1) is 23.2. The van der Waals surface area contributed by atoms with Gasteiger partial charge in [0, 0.05) is 6.42 Å². The molecule has 0 aliphatic carbocycles. The summed E-state index contributed by atoms with van der Waals surface area (Å²) in [6.45, 7) is 2.26. The summed E-state index contributed by atoms with van der Waals surface area (Å²) < 4.78 is 0. The molecule has 0 rings (SSSR count). The van der Waals surface area contributed by atoms with E-state index in [0.717, 1.165) is 12.8 Å². The Labute approximate surface area is 147 Å². The molecule has 0 aliphatic rings. The maximum Gasteiger partial charge on any atom is 0.316 e. The monoisotopic (exact) mass is 308 g/mol. The Morgan fingerprint density at radius 2 is 1.19 bits per heavy atom. The predicted octanol–water partition coefficient (Wildman–Crippen LogP) is 5.19. The third-order valence-corrected chi connectivity index (χ3v) is 3.65. The van der Waals surface area contributed by atoms with E-state index in [1.165, 1.54) is 70.6 Å². The van der Waals surface area contributed by atoms with Crippen molar-refractivity contribution in [2.45, 2.75) is 96.8 Å². The summed E-state index contributed by atoms with van der Waals surface area (Å²) in [5, 5.41) is 8.51. The molecular formula is C18H36MgO2. The van der Waals surface area contributed by atoms with Crippen LogP contribution in [-0.4, -0.2) is 34.1 Å². The Hall–Kier alpha value is -0.0238. The van der Waals surface area contributed by atoms with Crippen LogP contribution in [0.15, 0.2) is 12.2 Å². The quantitative estimate of drug-likeness (QED) is 0.257. The summed E-state index contributed by atoms with van der Waals surface area (Å²) in [5.41, 5.74) is 0. The summed E-state index contributed by atoms with van der Waals surface area (Å²) in [7, 11) is 0. The second-order valence-corrected chi connectivity index (χ2v) is 5.73. The molecule has 3 heteroatoms. The van der Waals surface area contributed by atoms with Crippen LogP contribution < -0.4 is 0 Å². The summed E-state index contributed by atoms with van der Waals surface area (Å²) in [6.07, 6.45) is 21.2. The first-order valence-electron chi connectivity index (χ1n) is 8.64. The van der Waals surface area contributed by atoms with Crippen LogP contribution in [0.1, 0.15) is 96.8 Å². The minimum absolute atomic E-state index is 0. The van der Waals surface area contributed by atoms with Crippen molar-refractivity contribution in [1.82, 2.24) is 0 Å². The number of hydrogen-bond donors (Lipinski definition) is 1. The fourth-order valence-corrected chi connectivity index (χ4v) is 2.35. The van der Waals surface area contributed by atoms with E-state index < -0.39 is 5.97 Å². The highest BCUT2D eigenvalue weighted by molar-refractivity contribution is 5.75. The molecule has 2 nitrogen and oxygen atoms in total. The molecular weight excluding hydrogens is 273 g/mol. The zero-order chi connectivity index (χ0) is 14.9. The molecule has 0 bridgehead atoms. The van der Waals surface area contributed by atoms with E-state index in [4.69, 9.17) is 5.11 Å². The fourth-order valence-electron chi connectivity index (χ4n) is 2.35. The molecule has 21 heavy (non-hydrogen) atoms. The van der Waals surface area contributed by atoms with Crippen molar-refractivity contribution in [1.29, 1.82) is 0 Å². The van der Waals surface area contributed by atoms with Crippen LogP contribution >= 0.6 is 0 Å². The van der Waals surface area contributed by atoms with Gasteiger partial charge >= 0.3 is 29.0 Å². The molecule has 0 radical (unpaired) electrons. The van der Waals surface area contributed by atoms with Gasteiger partial charge in [0.25, 0.3) is 0 Å². The highest BCUT2D eigenvalue weighted by Gasteiger charge is 1.95. The average Bonchev–Trinajstić information content (AvgIpc) is 2.43. The van der Waals surface area contributed by atoms with Crippen molar-refractivity contribution in [2.75, 3.05) is 0 Å². The molecule has 0 aromatic rings. The molecule has 0 saturated carbocycles. The van der Waals surface area contributed by atoms with Crippen LogP contribution in [0, 0.1) is 0 Å². The highest BCUT2D eigenvalue weighted by atomic mass is 24.3. The smallest absolute Gasteiger partial charge is 0.316 e. The van der Waals surface area contributed by atoms with Gasteiger partial charge in [0.05, 0.1) is 0 Å². The Balaban J connectivity index is 0. The van der Waals surface area contributed by atoms with E-state index in [1.54, 1.807) is 0 Å². The van der Waals surface area contributed by atoms with Gasteiger partial charge in [-0.25, -0.2) is 0 Å². The van der Waals surface area contributed by atoms with E-state index in [-0.39, 0.29) is 23.1 Å². The van der Waals surface area contributed by atoms with Crippen molar-refractivity contribution in [2.24, 2.45) is 0 Å². The van der Waals surface area contributed by atoms with Crippen LogP contribution in [0.2, 0.25) is 0 Å². The van der Waals surface area contributed by atoms with E-state index in [0.29, 0.717) is 6.42 Å². The lowest BCUT2D eigenvalue weighted by atomic mass is 10.1. The van der Waals surface area contributed by atoms with Gasteiger partial charge in [-0.2, -0.15) is 0 Å². The lowest BCUT2D eigenvalue weighted by molar-refractivity contribution is -0.137. The van der Waals surface area contributed by atoms with Gasteiger partial charge in [-0.15, -0.1) is 0 Å². The van der Waals surface area contributed by atoms with Gasteiger partial charge in [0.1, 0.15) is 0 Å². The topological polar surface area (TPSA) is 37.3 Å². The van der Waals surface area contributed by atoms with Crippen LogP contribution in [0.3, 0.4) is 0 Å². The third-order valence-electron chi connectivity index (χ3n) is 3.65. The number of carboxylic acid groups (broad SMARTS) is 1. The maximum atomic E-state index is 10.3.